The first-order chi connectivity index (χ1) is 17.4. The highest BCUT2D eigenvalue weighted by Gasteiger charge is 2.23. The van der Waals surface area contributed by atoms with E-state index in [1.807, 2.05) is 56.3 Å². The second kappa shape index (κ2) is 12.2. The van der Waals surface area contributed by atoms with Crippen LogP contribution in [0.2, 0.25) is 0 Å². The van der Waals surface area contributed by atoms with Gasteiger partial charge in [-0.1, -0.05) is 23.9 Å². The van der Waals surface area contributed by atoms with E-state index in [1.165, 1.54) is 16.8 Å². The van der Waals surface area contributed by atoms with Crippen LogP contribution >= 0.6 is 11.8 Å². The van der Waals surface area contributed by atoms with Gasteiger partial charge < -0.3 is 19.5 Å². The Balaban J connectivity index is 1.40. The number of hydrogen-bond acceptors (Lipinski definition) is 8. The lowest BCUT2D eigenvalue weighted by Gasteiger charge is -2.25. The number of anilines is 1. The van der Waals surface area contributed by atoms with Gasteiger partial charge in [-0.3, -0.25) is 14.5 Å². The lowest BCUT2D eigenvalue weighted by molar-refractivity contribution is -0.118. The summed E-state index contributed by atoms with van der Waals surface area (Å²) in [5.74, 6) is 1.73. The Labute approximate surface area is 215 Å². The zero-order chi connectivity index (χ0) is 25.5. The molecule has 0 radical (unpaired) electrons. The number of amides is 2. The molecule has 1 N–H and O–H groups in total. The molecule has 9 nitrogen and oxygen atoms in total. The van der Waals surface area contributed by atoms with Gasteiger partial charge in [0.1, 0.15) is 0 Å². The molecule has 36 heavy (non-hydrogen) atoms. The molecule has 2 aliphatic rings. The summed E-state index contributed by atoms with van der Waals surface area (Å²) in [5, 5.41) is 8.94. The van der Waals surface area contributed by atoms with Crippen LogP contribution in [0.25, 0.3) is 0 Å². The van der Waals surface area contributed by atoms with Gasteiger partial charge in [0.2, 0.25) is 5.91 Å². The van der Waals surface area contributed by atoms with Gasteiger partial charge in [0.25, 0.3) is 0 Å². The van der Waals surface area contributed by atoms with E-state index >= 15 is 0 Å². The second-order valence-corrected chi connectivity index (χ2v) is 9.75. The van der Waals surface area contributed by atoms with Crippen LogP contribution in [-0.2, 0) is 16.1 Å². The molecule has 2 aliphatic heterocycles. The second-order valence-electron chi connectivity index (χ2n) is 8.82. The average molecular weight is 513 g/mol. The molecular weight excluding hydrogens is 480 g/mol. The summed E-state index contributed by atoms with van der Waals surface area (Å²) >= 11 is 1.22. The standard InChI is InChI=1S/C26H32N4O5S/c1-18(2)35-24-14-20(6-9-23(24)33-3)22-17-36-26(32)30(28-22)15-19-4-7-21(8-5-19)27-25(31)16-29-10-12-34-13-11-29/h4-9,14,18H,10-13,15-17H2,1-3H3,(H,27,31). The molecule has 2 aromatic rings. The first kappa shape index (κ1) is 26.0. The maximum absolute atomic E-state index is 12.6. The van der Waals surface area contributed by atoms with Crippen molar-refractivity contribution < 1.29 is 23.8 Å². The number of methoxy groups -OCH3 is 1. The lowest BCUT2D eigenvalue weighted by atomic mass is 10.1. The van der Waals surface area contributed by atoms with Gasteiger partial charge in [-0.05, 0) is 49.7 Å². The van der Waals surface area contributed by atoms with Gasteiger partial charge in [0.05, 0.1) is 45.2 Å². The van der Waals surface area contributed by atoms with Gasteiger partial charge in [0, 0.05) is 30.1 Å². The van der Waals surface area contributed by atoms with Crippen molar-refractivity contribution in [1.29, 1.82) is 0 Å². The maximum Gasteiger partial charge on any atom is 0.302 e. The predicted octanol–water partition coefficient (Wildman–Crippen LogP) is 3.83. The van der Waals surface area contributed by atoms with E-state index in [-0.39, 0.29) is 17.3 Å². The van der Waals surface area contributed by atoms with Crippen LogP contribution in [0.4, 0.5) is 10.5 Å². The third kappa shape index (κ3) is 6.99. The van der Waals surface area contributed by atoms with Crippen LogP contribution in [-0.4, -0.2) is 78.6 Å². The van der Waals surface area contributed by atoms with Gasteiger partial charge in [-0.2, -0.15) is 5.10 Å². The number of nitrogens with zero attached hydrogens (tertiary/aromatic N) is 3. The molecule has 0 atom stereocenters. The van der Waals surface area contributed by atoms with E-state index in [2.05, 4.69) is 15.3 Å². The number of hydrazone groups is 1. The summed E-state index contributed by atoms with van der Waals surface area (Å²) in [6.07, 6.45) is 0.00187. The van der Waals surface area contributed by atoms with Gasteiger partial charge >= 0.3 is 5.24 Å². The Kier molecular flexibility index (Phi) is 8.84. The maximum atomic E-state index is 12.6. The minimum Gasteiger partial charge on any atom is -0.493 e. The minimum absolute atomic E-state index is 0.00187. The van der Waals surface area contributed by atoms with Crippen molar-refractivity contribution in [3.05, 3.63) is 53.6 Å². The van der Waals surface area contributed by atoms with Crippen molar-refractivity contribution in [3.63, 3.8) is 0 Å². The van der Waals surface area contributed by atoms with E-state index in [0.29, 0.717) is 43.6 Å². The first-order valence-electron chi connectivity index (χ1n) is 12.0. The molecule has 1 saturated heterocycles. The number of nitrogens with one attached hydrogen (secondary N) is 1. The minimum atomic E-state index is -0.103. The number of carbonyl (C=O) groups is 2. The lowest BCUT2D eigenvalue weighted by Crippen LogP contribution is -2.41. The number of rotatable bonds is 9. The quantitative estimate of drug-likeness (QED) is 0.546. The first-order valence-corrected chi connectivity index (χ1v) is 13.0. The van der Waals surface area contributed by atoms with Crippen LogP contribution in [0.1, 0.15) is 25.0 Å². The molecule has 0 aliphatic carbocycles. The molecule has 192 valence electrons. The van der Waals surface area contributed by atoms with E-state index < -0.39 is 0 Å². The highest BCUT2D eigenvalue weighted by Crippen LogP contribution is 2.31. The Morgan fingerprint density at radius 3 is 2.58 bits per heavy atom. The summed E-state index contributed by atoms with van der Waals surface area (Å²) in [6, 6.07) is 13.2. The number of thioether (sulfide) groups is 1. The fourth-order valence-electron chi connectivity index (χ4n) is 3.89. The molecule has 0 spiro atoms. The van der Waals surface area contributed by atoms with E-state index in [9.17, 15) is 9.59 Å². The SMILES string of the molecule is COc1ccc(C2=NN(Cc3ccc(NC(=O)CN4CCOCC4)cc3)C(=O)SC2)cc1OC(C)C. The molecule has 1 fully saturated rings. The van der Waals surface area contributed by atoms with Crippen LogP contribution in [0.5, 0.6) is 11.5 Å². The van der Waals surface area contributed by atoms with Crippen LogP contribution in [0.15, 0.2) is 47.6 Å². The van der Waals surface area contributed by atoms with Crippen molar-refractivity contribution in [3.8, 4) is 11.5 Å². The predicted molar refractivity (Wildman–Crippen MR) is 141 cm³/mol. The third-order valence-electron chi connectivity index (χ3n) is 5.69. The van der Waals surface area contributed by atoms with Crippen molar-refractivity contribution in [1.82, 2.24) is 9.91 Å². The number of benzene rings is 2. The molecule has 2 heterocycles. The Morgan fingerprint density at radius 2 is 1.89 bits per heavy atom. The molecule has 2 aromatic carbocycles. The van der Waals surface area contributed by atoms with Gasteiger partial charge in [0.15, 0.2) is 11.5 Å². The molecule has 0 unspecified atom stereocenters. The molecular formula is C26H32N4O5S. The van der Waals surface area contributed by atoms with E-state index in [1.54, 1.807) is 7.11 Å². The highest BCUT2D eigenvalue weighted by molar-refractivity contribution is 8.14. The molecule has 0 bridgehead atoms. The van der Waals surface area contributed by atoms with E-state index in [0.717, 1.165) is 35.6 Å². The van der Waals surface area contributed by atoms with Crippen LogP contribution in [0.3, 0.4) is 0 Å². The largest absolute Gasteiger partial charge is 0.493 e. The number of carbonyl (C=O) groups excluding carboxylic acids is 2. The molecule has 4 rings (SSSR count). The summed E-state index contributed by atoms with van der Waals surface area (Å²) in [5.41, 5.74) is 3.31. The van der Waals surface area contributed by atoms with Crippen molar-refractivity contribution >= 4 is 34.3 Å². The average Bonchev–Trinajstić information content (AvgIpc) is 2.86. The number of morpholine rings is 1. The Hall–Kier alpha value is -3.08. The number of ether oxygens (including phenoxy) is 3. The van der Waals surface area contributed by atoms with Crippen LogP contribution in [0, 0.1) is 0 Å². The van der Waals surface area contributed by atoms with Crippen LogP contribution < -0.4 is 14.8 Å². The van der Waals surface area contributed by atoms with Crippen molar-refractivity contribution in [2.24, 2.45) is 5.10 Å². The van der Waals surface area contributed by atoms with Crippen molar-refractivity contribution in [2.75, 3.05) is 51.0 Å². The van der Waals surface area contributed by atoms with Gasteiger partial charge in [-0.25, -0.2) is 5.01 Å². The Bertz CT molecular complexity index is 1100. The fraction of sp³-hybridized carbons (Fsp3) is 0.423. The molecule has 2 amide bonds. The van der Waals surface area contributed by atoms with E-state index in [4.69, 9.17) is 14.2 Å². The zero-order valence-corrected chi connectivity index (χ0v) is 21.7. The zero-order valence-electron chi connectivity index (χ0n) is 20.9. The molecule has 0 aromatic heterocycles. The summed E-state index contributed by atoms with van der Waals surface area (Å²) in [4.78, 5) is 27.0. The normalized spacial score (nSPS) is 16.6. The van der Waals surface area contributed by atoms with Gasteiger partial charge in [-0.15, -0.1) is 0 Å². The summed E-state index contributed by atoms with van der Waals surface area (Å²) < 4.78 is 16.6. The molecule has 0 saturated carbocycles. The summed E-state index contributed by atoms with van der Waals surface area (Å²) in [6.45, 7) is 7.44. The fourth-order valence-corrected chi connectivity index (χ4v) is 4.63. The third-order valence-corrected chi connectivity index (χ3v) is 6.56. The summed E-state index contributed by atoms with van der Waals surface area (Å²) in [7, 11) is 1.61. The number of hydrogen-bond donors (Lipinski definition) is 1. The Morgan fingerprint density at radius 1 is 1.14 bits per heavy atom. The monoisotopic (exact) mass is 512 g/mol. The topological polar surface area (TPSA) is 92.7 Å². The highest BCUT2D eigenvalue weighted by atomic mass is 32.2. The van der Waals surface area contributed by atoms with Crippen molar-refractivity contribution in [2.45, 2.75) is 26.5 Å². The smallest absolute Gasteiger partial charge is 0.302 e. The molecule has 10 heteroatoms.